The molecule has 2 atom stereocenters. The number of likely N-dealkylation sites (N-methyl/N-ethyl adjacent to an activating group) is 1. The number of ether oxygens (including phenoxy) is 1. The molecule has 0 aliphatic carbocycles. The second kappa shape index (κ2) is 5.51. The van der Waals surface area contributed by atoms with E-state index in [4.69, 9.17) is 4.74 Å². The number of rotatable bonds is 3. The number of carbonyl (C=O) groups excluding carboxylic acids is 1. The summed E-state index contributed by atoms with van der Waals surface area (Å²) in [4.78, 5) is 15.0. The molecule has 1 aromatic carbocycles. The van der Waals surface area contributed by atoms with E-state index < -0.39 is 0 Å². The third kappa shape index (κ3) is 2.43. The maximum atomic E-state index is 12.7. The highest BCUT2D eigenvalue weighted by Gasteiger charge is 2.39. The maximum Gasteiger partial charge on any atom is 0.166 e. The van der Waals surface area contributed by atoms with E-state index in [9.17, 15) is 4.79 Å². The van der Waals surface area contributed by atoms with Crippen LogP contribution in [-0.4, -0.2) is 43.0 Å². The van der Waals surface area contributed by atoms with Crippen LogP contribution in [0.3, 0.4) is 0 Å². The highest BCUT2D eigenvalue weighted by atomic mass is 16.5. The zero-order chi connectivity index (χ0) is 14.1. The Bertz CT molecular complexity index is 494. The number of morpholine rings is 1. The molecule has 106 valence electrons. The van der Waals surface area contributed by atoms with Crippen LogP contribution in [0.25, 0.3) is 6.08 Å². The number of Topliss-reactive ketones (excluding diaryl/α,β-unsaturated/α-hetero) is 1. The van der Waals surface area contributed by atoms with Crippen LogP contribution in [0.5, 0.6) is 0 Å². The number of nitrogens with zero attached hydrogens (tertiary/aromatic N) is 1. The number of fused-ring (bicyclic) bond motifs is 2. The van der Waals surface area contributed by atoms with Gasteiger partial charge in [-0.25, -0.2) is 0 Å². The van der Waals surface area contributed by atoms with E-state index in [1.165, 1.54) is 0 Å². The van der Waals surface area contributed by atoms with E-state index >= 15 is 0 Å². The molecule has 2 saturated heterocycles. The normalized spacial score (nSPS) is 29.9. The van der Waals surface area contributed by atoms with Crippen LogP contribution in [0.1, 0.15) is 28.8 Å². The summed E-state index contributed by atoms with van der Waals surface area (Å²) in [6.07, 6.45) is 3.62. The summed E-state index contributed by atoms with van der Waals surface area (Å²) in [6, 6.07) is 8.54. The van der Waals surface area contributed by atoms with Crippen molar-refractivity contribution < 1.29 is 9.53 Å². The molecule has 0 N–H and O–H groups in total. The van der Waals surface area contributed by atoms with Crippen molar-refractivity contribution in [3.63, 3.8) is 0 Å². The molecule has 0 radical (unpaired) electrons. The van der Waals surface area contributed by atoms with E-state index in [0.717, 1.165) is 37.2 Å². The van der Waals surface area contributed by atoms with Gasteiger partial charge in [0.25, 0.3) is 0 Å². The first-order chi connectivity index (χ1) is 9.69. The van der Waals surface area contributed by atoms with Crippen molar-refractivity contribution in [3.8, 4) is 0 Å². The summed E-state index contributed by atoms with van der Waals surface area (Å²) in [5, 5.41) is 0. The molecule has 2 fully saturated rings. The van der Waals surface area contributed by atoms with Gasteiger partial charge < -0.3 is 4.74 Å². The molecular formula is C17H21NO2. The minimum Gasteiger partial charge on any atom is -0.378 e. The van der Waals surface area contributed by atoms with E-state index in [1.54, 1.807) is 6.08 Å². The van der Waals surface area contributed by atoms with Crippen molar-refractivity contribution >= 4 is 11.9 Å². The molecule has 1 aromatic rings. The number of carbonyl (C=O) groups is 1. The van der Waals surface area contributed by atoms with Gasteiger partial charge in [-0.3, -0.25) is 9.69 Å². The number of hydrogen-bond acceptors (Lipinski definition) is 3. The Labute approximate surface area is 120 Å². The molecule has 0 saturated carbocycles. The first kappa shape index (κ1) is 13.5. The molecule has 2 aliphatic rings. The molecule has 2 bridgehead atoms. The van der Waals surface area contributed by atoms with E-state index in [-0.39, 0.29) is 11.7 Å². The third-order valence-corrected chi connectivity index (χ3v) is 4.69. The second-order valence-electron chi connectivity index (χ2n) is 5.87. The molecule has 0 amide bonds. The lowest BCUT2D eigenvalue weighted by atomic mass is 9.81. The monoisotopic (exact) mass is 271 g/mol. The van der Waals surface area contributed by atoms with Crippen molar-refractivity contribution in [2.75, 3.05) is 20.3 Å². The molecule has 3 nitrogen and oxygen atoms in total. The van der Waals surface area contributed by atoms with Gasteiger partial charge in [0, 0.05) is 23.6 Å². The Kier molecular flexibility index (Phi) is 3.72. The Morgan fingerprint density at radius 1 is 1.25 bits per heavy atom. The van der Waals surface area contributed by atoms with Gasteiger partial charge in [-0.1, -0.05) is 36.9 Å². The van der Waals surface area contributed by atoms with Gasteiger partial charge in [-0.05, 0) is 25.5 Å². The second-order valence-corrected chi connectivity index (χ2v) is 5.87. The molecule has 3 rings (SSSR count). The van der Waals surface area contributed by atoms with Gasteiger partial charge in [0.05, 0.1) is 13.2 Å². The zero-order valence-corrected chi connectivity index (χ0v) is 11.9. The predicted molar refractivity (Wildman–Crippen MR) is 79.7 cm³/mol. The van der Waals surface area contributed by atoms with Gasteiger partial charge >= 0.3 is 0 Å². The van der Waals surface area contributed by atoms with Crippen LogP contribution in [0.4, 0.5) is 0 Å². The van der Waals surface area contributed by atoms with Gasteiger partial charge in [-0.2, -0.15) is 0 Å². The average Bonchev–Trinajstić information content (AvgIpc) is 2.46. The summed E-state index contributed by atoms with van der Waals surface area (Å²) < 4.78 is 5.61. The first-order valence-corrected chi connectivity index (χ1v) is 7.25. The van der Waals surface area contributed by atoms with Crippen molar-refractivity contribution in [1.29, 1.82) is 0 Å². The molecule has 0 spiro atoms. The largest absolute Gasteiger partial charge is 0.378 e. The minimum atomic E-state index is 0.139. The van der Waals surface area contributed by atoms with E-state index in [0.29, 0.717) is 12.1 Å². The van der Waals surface area contributed by atoms with Gasteiger partial charge in [0.2, 0.25) is 0 Å². The van der Waals surface area contributed by atoms with Crippen LogP contribution in [0.15, 0.2) is 30.8 Å². The van der Waals surface area contributed by atoms with Crippen molar-refractivity contribution in [1.82, 2.24) is 4.90 Å². The lowest BCUT2D eigenvalue weighted by molar-refractivity contribution is -0.0702. The van der Waals surface area contributed by atoms with Crippen LogP contribution in [0, 0.1) is 5.92 Å². The number of ketones is 1. The molecule has 2 heterocycles. The lowest BCUT2D eigenvalue weighted by Crippen LogP contribution is -2.55. The number of hydrogen-bond donors (Lipinski definition) is 0. The van der Waals surface area contributed by atoms with Crippen LogP contribution < -0.4 is 0 Å². The Morgan fingerprint density at radius 2 is 1.85 bits per heavy atom. The molecule has 2 aliphatic heterocycles. The maximum absolute atomic E-state index is 12.7. The van der Waals surface area contributed by atoms with Gasteiger partial charge in [0.1, 0.15) is 0 Å². The molecule has 2 unspecified atom stereocenters. The standard InChI is InChI=1S/C17H21NO2/c1-3-12-4-6-13(7-5-12)17(19)14-8-15-10-20-11-16(9-14)18(15)2/h3-7,14-16H,1,8-11H2,2H3. The quantitative estimate of drug-likeness (QED) is 0.792. The predicted octanol–water partition coefficient (Wildman–Crippen LogP) is 2.62. The van der Waals surface area contributed by atoms with Crippen LogP contribution in [0.2, 0.25) is 0 Å². The van der Waals surface area contributed by atoms with Crippen molar-refractivity contribution in [3.05, 3.63) is 42.0 Å². The highest BCUT2D eigenvalue weighted by Crippen LogP contribution is 2.32. The summed E-state index contributed by atoms with van der Waals surface area (Å²) in [7, 11) is 2.15. The minimum absolute atomic E-state index is 0.139. The fourth-order valence-electron chi connectivity index (χ4n) is 3.33. The fourth-order valence-corrected chi connectivity index (χ4v) is 3.33. The SMILES string of the molecule is C=Cc1ccc(C(=O)C2CC3COCC(C2)N3C)cc1. The van der Waals surface area contributed by atoms with Gasteiger partial charge in [0.15, 0.2) is 5.78 Å². The fraction of sp³-hybridized carbons (Fsp3) is 0.471. The van der Waals surface area contributed by atoms with Crippen molar-refractivity contribution in [2.24, 2.45) is 5.92 Å². The highest BCUT2D eigenvalue weighted by molar-refractivity contribution is 5.98. The molecular weight excluding hydrogens is 250 g/mol. The van der Waals surface area contributed by atoms with Crippen LogP contribution in [-0.2, 0) is 4.74 Å². The zero-order valence-electron chi connectivity index (χ0n) is 11.9. The topological polar surface area (TPSA) is 29.5 Å². The summed E-state index contributed by atoms with van der Waals surface area (Å²) in [6.45, 7) is 5.25. The third-order valence-electron chi connectivity index (χ3n) is 4.69. The first-order valence-electron chi connectivity index (χ1n) is 7.25. The summed E-state index contributed by atoms with van der Waals surface area (Å²) in [5.74, 6) is 0.422. The van der Waals surface area contributed by atoms with E-state index in [1.807, 2.05) is 24.3 Å². The molecule has 0 aromatic heterocycles. The summed E-state index contributed by atoms with van der Waals surface area (Å²) >= 11 is 0. The number of benzene rings is 1. The Morgan fingerprint density at radius 3 is 2.40 bits per heavy atom. The smallest absolute Gasteiger partial charge is 0.166 e. The Balaban J connectivity index is 1.75. The average molecular weight is 271 g/mol. The van der Waals surface area contributed by atoms with Crippen LogP contribution >= 0.6 is 0 Å². The number of piperidine rings is 1. The van der Waals surface area contributed by atoms with Crippen molar-refractivity contribution in [2.45, 2.75) is 24.9 Å². The van der Waals surface area contributed by atoms with Gasteiger partial charge in [-0.15, -0.1) is 0 Å². The summed E-state index contributed by atoms with van der Waals surface area (Å²) in [5.41, 5.74) is 1.87. The van der Waals surface area contributed by atoms with E-state index in [2.05, 4.69) is 18.5 Å². The Hall–Kier alpha value is -1.45. The molecule has 20 heavy (non-hydrogen) atoms. The molecule has 3 heteroatoms. The lowest BCUT2D eigenvalue weighted by Gasteiger charge is -2.46.